The minimum absolute atomic E-state index is 0.198. The Kier molecular flexibility index (Phi) is 25.8. The first-order chi connectivity index (χ1) is 31.0. The van der Waals surface area contributed by atoms with Crippen LogP contribution in [0.25, 0.3) is 0 Å². The molecule has 0 aromatic heterocycles. The molecule has 0 heterocycles. The Morgan fingerprint density at radius 3 is 1.71 bits per heavy atom. The zero-order chi connectivity index (χ0) is 50.1. The van der Waals surface area contributed by atoms with Gasteiger partial charge in [0.15, 0.2) is 0 Å². The SMILES string of the molecule is CC[C@H](C)[C@H](NC(=O)[C@@H](NC(=O)[C@@H](N)CCCCN)C(C)C)C(=O)N[C@@H](CC(=O)O)C(=O)N[C@@H](CCC(N)=O)C(=O)N[C@@H](Cc1ccccc1)C(=O)NCC(=O)N[C@@H](CCC(=O)O)C(=O)O. The summed E-state index contributed by atoms with van der Waals surface area (Å²) in [5.74, 6) is -12.9. The van der Waals surface area contributed by atoms with Crippen LogP contribution in [0.3, 0.4) is 0 Å². The Morgan fingerprint density at radius 2 is 1.17 bits per heavy atom. The van der Waals surface area contributed by atoms with Crippen molar-refractivity contribution in [1.82, 2.24) is 37.2 Å². The Labute approximate surface area is 382 Å². The van der Waals surface area contributed by atoms with Gasteiger partial charge in [-0.15, -0.1) is 0 Å². The van der Waals surface area contributed by atoms with E-state index in [1.54, 1.807) is 58.0 Å². The van der Waals surface area contributed by atoms with E-state index < -0.39 is 158 Å². The Balaban J connectivity index is 3.37. The van der Waals surface area contributed by atoms with Crippen molar-refractivity contribution < 1.29 is 68.1 Å². The van der Waals surface area contributed by atoms with E-state index in [-0.39, 0.29) is 6.42 Å². The van der Waals surface area contributed by atoms with Gasteiger partial charge in [-0.05, 0) is 49.6 Å². The van der Waals surface area contributed by atoms with Crippen molar-refractivity contribution in [3.05, 3.63) is 35.9 Å². The molecule has 8 amide bonds. The number of benzene rings is 1. The van der Waals surface area contributed by atoms with Crippen LogP contribution >= 0.6 is 0 Å². The number of carboxylic acid groups (broad SMARTS) is 3. The molecule has 0 radical (unpaired) electrons. The molecule has 1 rings (SSSR count). The van der Waals surface area contributed by atoms with E-state index in [1.165, 1.54) is 0 Å². The molecule has 0 fully saturated rings. The van der Waals surface area contributed by atoms with E-state index in [2.05, 4.69) is 37.2 Å². The second kappa shape index (κ2) is 29.7. The molecule has 0 bridgehead atoms. The summed E-state index contributed by atoms with van der Waals surface area (Å²) in [4.78, 5) is 140. The van der Waals surface area contributed by atoms with Crippen molar-refractivity contribution in [2.45, 2.75) is 134 Å². The van der Waals surface area contributed by atoms with Crippen LogP contribution in [0.15, 0.2) is 30.3 Å². The topological polar surface area (TPSA) is 411 Å². The van der Waals surface area contributed by atoms with Crippen LogP contribution in [0.1, 0.15) is 91.0 Å². The number of aliphatic carboxylic acids is 3. The summed E-state index contributed by atoms with van der Waals surface area (Å²) in [5, 5.41) is 44.7. The fraction of sp³-hybridized carbons (Fsp3) is 0.595. The van der Waals surface area contributed by atoms with E-state index in [1.807, 2.05) is 0 Å². The molecule has 1 aromatic carbocycles. The van der Waals surface area contributed by atoms with Gasteiger partial charge in [0.1, 0.15) is 36.3 Å². The van der Waals surface area contributed by atoms with Gasteiger partial charge in [0.25, 0.3) is 0 Å². The third-order valence-corrected chi connectivity index (χ3v) is 10.3. The molecule has 8 atom stereocenters. The zero-order valence-electron chi connectivity index (χ0n) is 37.6. The molecule has 0 aliphatic carbocycles. The number of nitrogens with two attached hydrogens (primary N) is 3. The van der Waals surface area contributed by atoms with Crippen LogP contribution in [0.2, 0.25) is 0 Å². The first-order valence-electron chi connectivity index (χ1n) is 21.5. The monoisotopic (exact) mass is 934 g/mol. The minimum Gasteiger partial charge on any atom is -0.481 e. The number of unbranched alkanes of at least 4 members (excludes halogenated alkanes) is 1. The second-order valence-corrected chi connectivity index (χ2v) is 16.1. The van der Waals surface area contributed by atoms with E-state index in [9.17, 15) is 63.0 Å². The molecule has 0 unspecified atom stereocenters. The summed E-state index contributed by atoms with van der Waals surface area (Å²) in [6, 6.07) is -1.91. The number of primary amides is 1. The van der Waals surface area contributed by atoms with Gasteiger partial charge in [0, 0.05) is 19.3 Å². The molecule has 0 saturated heterocycles. The molecule has 0 saturated carbocycles. The van der Waals surface area contributed by atoms with Gasteiger partial charge >= 0.3 is 17.9 Å². The number of rotatable bonds is 32. The third kappa shape index (κ3) is 21.8. The van der Waals surface area contributed by atoms with Gasteiger partial charge < -0.3 is 69.7 Å². The predicted octanol–water partition coefficient (Wildman–Crippen LogP) is -2.90. The quantitative estimate of drug-likeness (QED) is 0.0322. The van der Waals surface area contributed by atoms with Crippen molar-refractivity contribution in [1.29, 1.82) is 0 Å². The first kappa shape index (κ1) is 57.3. The van der Waals surface area contributed by atoms with Crippen molar-refractivity contribution in [3.63, 3.8) is 0 Å². The molecule has 16 N–H and O–H groups in total. The largest absolute Gasteiger partial charge is 0.481 e. The average Bonchev–Trinajstić information content (AvgIpc) is 3.25. The lowest BCUT2D eigenvalue weighted by atomic mass is 9.95. The molecule has 66 heavy (non-hydrogen) atoms. The highest BCUT2D eigenvalue weighted by atomic mass is 16.4. The second-order valence-electron chi connectivity index (χ2n) is 16.1. The van der Waals surface area contributed by atoms with Crippen LogP contribution < -0.4 is 54.4 Å². The normalized spacial score (nSPS) is 14.6. The molecule has 24 nitrogen and oxygen atoms in total. The fourth-order valence-electron chi connectivity index (χ4n) is 6.25. The van der Waals surface area contributed by atoms with Gasteiger partial charge in [0.05, 0.1) is 19.0 Å². The lowest BCUT2D eigenvalue weighted by Gasteiger charge is -2.30. The van der Waals surface area contributed by atoms with Crippen molar-refractivity contribution >= 4 is 65.2 Å². The minimum atomic E-state index is -1.87. The number of hydrogen-bond acceptors (Lipinski definition) is 13. The Morgan fingerprint density at radius 1 is 0.606 bits per heavy atom. The average molecular weight is 935 g/mol. The molecule has 0 spiro atoms. The number of carbonyl (C=O) groups is 11. The molecule has 368 valence electrons. The van der Waals surface area contributed by atoms with E-state index >= 15 is 0 Å². The van der Waals surface area contributed by atoms with Crippen molar-refractivity contribution in [2.75, 3.05) is 13.1 Å². The lowest BCUT2D eigenvalue weighted by molar-refractivity contribution is -0.143. The van der Waals surface area contributed by atoms with Crippen LogP contribution in [-0.4, -0.2) is 136 Å². The zero-order valence-corrected chi connectivity index (χ0v) is 37.6. The van der Waals surface area contributed by atoms with Crippen LogP contribution in [-0.2, 0) is 59.2 Å². The number of carbonyl (C=O) groups excluding carboxylic acids is 8. The third-order valence-electron chi connectivity index (χ3n) is 10.3. The number of carboxylic acids is 3. The van der Waals surface area contributed by atoms with Crippen LogP contribution in [0.5, 0.6) is 0 Å². The van der Waals surface area contributed by atoms with Crippen molar-refractivity contribution in [2.24, 2.45) is 29.0 Å². The summed E-state index contributed by atoms with van der Waals surface area (Å²) in [7, 11) is 0. The number of amides is 8. The highest BCUT2D eigenvalue weighted by molar-refractivity contribution is 5.98. The predicted molar refractivity (Wildman–Crippen MR) is 235 cm³/mol. The van der Waals surface area contributed by atoms with Gasteiger partial charge in [-0.1, -0.05) is 70.9 Å². The first-order valence-corrected chi connectivity index (χ1v) is 21.5. The number of hydrogen-bond donors (Lipinski definition) is 13. The standard InChI is InChI=1S/C42H66N10O14/c1-5-23(4)35(52-40(63)34(22(2)3)51-36(59)25(44)13-9-10-18-43)41(64)50-29(20-33(57)58)39(62)48-26(14-16-30(45)53)38(61)49-28(19-24-11-7-6-8-12-24)37(60)46-21-31(54)47-27(42(65)66)15-17-32(55)56/h6-8,11-12,22-23,25-29,34-35H,5,9-10,13-21,43-44H2,1-4H3,(H2,45,53)(H,46,60)(H,47,54)(H,48,62)(H,49,61)(H,50,64)(H,51,59)(H,52,63)(H,55,56)(H,57,58)(H,65,66)/t23-,25-,26-,27-,28-,29-,34-,35-/m0/s1. The summed E-state index contributed by atoms with van der Waals surface area (Å²) >= 11 is 0. The van der Waals surface area contributed by atoms with E-state index in [4.69, 9.17) is 22.3 Å². The summed E-state index contributed by atoms with van der Waals surface area (Å²) < 4.78 is 0. The fourth-order valence-corrected chi connectivity index (χ4v) is 6.25. The highest BCUT2D eigenvalue weighted by Crippen LogP contribution is 2.13. The summed E-state index contributed by atoms with van der Waals surface area (Å²) in [6.45, 7) is 6.24. The Bertz CT molecular complexity index is 1850. The molecular formula is C42H66N10O14. The number of nitrogens with one attached hydrogen (secondary N) is 7. The van der Waals surface area contributed by atoms with Gasteiger partial charge in [-0.2, -0.15) is 0 Å². The summed E-state index contributed by atoms with van der Waals surface area (Å²) in [5.41, 5.74) is 17.4. The van der Waals surface area contributed by atoms with E-state index in [0.717, 1.165) is 0 Å². The molecule has 1 aromatic rings. The molecule has 24 heteroatoms. The molecule has 0 aliphatic rings. The smallest absolute Gasteiger partial charge is 0.326 e. The van der Waals surface area contributed by atoms with Gasteiger partial charge in [-0.3, -0.25) is 47.9 Å². The maximum atomic E-state index is 13.9. The Hall–Kier alpha value is -6.69. The lowest BCUT2D eigenvalue weighted by Crippen LogP contribution is -2.61. The molecular weight excluding hydrogens is 869 g/mol. The van der Waals surface area contributed by atoms with Gasteiger partial charge in [-0.25, -0.2) is 4.79 Å². The van der Waals surface area contributed by atoms with Crippen LogP contribution in [0.4, 0.5) is 0 Å². The summed E-state index contributed by atoms with van der Waals surface area (Å²) in [6.07, 6.45) is -1.36. The van der Waals surface area contributed by atoms with Gasteiger partial charge in [0.2, 0.25) is 47.3 Å². The maximum Gasteiger partial charge on any atom is 0.326 e. The van der Waals surface area contributed by atoms with Crippen molar-refractivity contribution in [3.8, 4) is 0 Å². The highest BCUT2D eigenvalue weighted by Gasteiger charge is 2.36. The molecule has 0 aliphatic heterocycles. The van der Waals surface area contributed by atoms with Crippen LogP contribution in [0, 0.1) is 11.8 Å². The van der Waals surface area contributed by atoms with E-state index in [0.29, 0.717) is 37.8 Å². The maximum absolute atomic E-state index is 13.9.